The fourth-order valence-corrected chi connectivity index (χ4v) is 4.33. The number of hydrogen-bond donors (Lipinski definition) is 2. The predicted molar refractivity (Wildman–Crippen MR) is 157 cm³/mol. The van der Waals surface area contributed by atoms with Crippen molar-refractivity contribution in [1.29, 1.82) is 0 Å². The van der Waals surface area contributed by atoms with Gasteiger partial charge in [-0.1, -0.05) is 77.6 Å². The molecule has 2 N–H and O–H groups in total. The summed E-state index contributed by atoms with van der Waals surface area (Å²) in [5, 5.41) is 5.40. The average molecular weight is 562 g/mol. The highest BCUT2D eigenvalue weighted by atomic mass is 16.6. The molecule has 0 aliphatic carbocycles. The van der Waals surface area contributed by atoms with Crippen molar-refractivity contribution in [2.24, 2.45) is 5.92 Å². The van der Waals surface area contributed by atoms with Gasteiger partial charge in [0.1, 0.15) is 24.2 Å². The topological polar surface area (TPSA) is 114 Å². The van der Waals surface area contributed by atoms with Gasteiger partial charge in [0.05, 0.1) is 7.11 Å². The minimum atomic E-state index is -0.996. The number of carbonyl (C=O) groups is 4. The molecule has 2 atom stereocenters. The number of esters is 1. The van der Waals surface area contributed by atoms with Crippen LogP contribution in [0, 0.1) is 5.92 Å². The first-order valence-corrected chi connectivity index (χ1v) is 14.6. The van der Waals surface area contributed by atoms with Crippen molar-refractivity contribution in [1.82, 2.24) is 15.5 Å². The third kappa shape index (κ3) is 12.8. The number of methoxy groups -OCH3 is 1. The molecule has 1 aromatic carbocycles. The average Bonchev–Trinajstić information content (AvgIpc) is 2.88. The smallest absolute Gasteiger partial charge is 0.408 e. The van der Waals surface area contributed by atoms with Crippen LogP contribution < -0.4 is 10.6 Å². The number of ether oxygens (including phenoxy) is 2. The molecule has 0 spiro atoms. The van der Waals surface area contributed by atoms with Crippen molar-refractivity contribution < 1.29 is 28.7 Å². The minimum absolute atomic E-state index is 0.0886. The standard InChI is InChI=1S/C31H51N3O6/c1-9-11-12-13-14-19-34(29(37)25(20-22(3)4)33-30(38)40-31(5,6)7)27(28(36)32-21-26(35)39-8)24-17-15-23(10-2)16-18-24/h15-18,22,25,27H,9-14,19-21H2,1-8H3,(H,32,36)(H,33,38). The lowest BCUT2D eigenvalue weighted by atomic mass is 9.97. The van der Waals surface area contributed by atoms with E-state index in [-0.39, 0.29) is 18.4 Å². The Morgan fingerprint density at radius 2 is 1.57 bits per heavy atom. The van der Waals surface area contributed by atoms with Crippen LogP contribution in [0.4, 0.5) is 4.79 Å². The van der Waals surface area contributed by atoms with E-state index in [1.807, 2.05) is 45.0 Å². The van der Waals surface area contributed by atoms with Crippen molar-refractivity contribution in [3.05, 3.63) is 35.4 Å². The molecule has 1 aromatic rings. The Labute approximate surface area is 240 Å². The van der Waals surface area contributed by atoms with E-state index in [9.17, 15) is 19.2 Å². The van der Waals surface area contributed by atoms with E-state index in [0.717, 1.165) is 37.7 Å². The number of amides is 3. The molecule has 0 aliphatic rings. The number of nitrogens with one attached hydrogen (secondary N) is 2. The second-order valence-electron chi connectivity index (χ2n) is 11.6. The number of nitrogens with zero attached hydrogens (tertiary/aromatic N) is 1. The van der Waals surface area contributed by atoms with Gasteiger partial charge in [0, 0.05) is 6.54 Å². The zero-order chi connectivity index (χ0) is 30.3. The number of benzene rings is 1. The van der Waals surface area contributed by atoms with Crippen LogP contribution in [0.3, 0.4) is 0 Å². The number of carbonyl (C=O) groups excluding carboxylic acids is 4. The largest absolute Gasteiger partial charge is 0.468 e. The van der Waals surface area contributed by atoms with Crippen LogP contribution >= 0.6 is 0 Å². The van der Waals surface area contributed by atoms with Gasteiger partial charge in [-0.2, -0.15) is 0 Å². The Bertz CT molecular complexity index is 939. The molecule has 0 aliphatic heterocycles. The van der Waals surface area contributed by atoms with E-state index in [1.54, 1.807) is 25.7 Å². The summed E-state index contributed by atoms with van der Waals surface area (Å²) in [5.74, 6) is -1.36. The zero-order valence-electron chi connectivity index (χ0n) is 25.8. The molecule has 226 valence electrons. The highest BCUT2D eigenvalue weighted by Gasteiger charge is 2.36. The molecular weight excluding hydrogens is 510 g/mol. The monoisotopic (exact) mass is 561 g/mol. The summed E-state index contributed by atoms with van der Waals surface area (Å²) < 4.78 is 10.1. The van der Waals surface area contributed by atoms with Gasteiger partial charge in [0.25, 0.3) is 0 Å². The van der Waals surface area contributed by atoms with Gasteiger partial charge < -0.3 is 25.0 Å². The van der Waals surface area contributed by atoms with Crippen LogP contribution in [0.25, 0.3) is 0 Å². The summed E-state index contributed by atoms with van der Waals surface area (Å²) in [4.78, 5) is 53.9. The quantitative estimate of drug-likeness (QED) is 0.209. The Morgan fingerprint density at radius 1 is 0.950 bits per heavy atom. The number of rotatable bonds is 16. The maximum absolute atomic E-state index is 14.2. The molecule has 0 bridgehead atoms. The number of alkyl carbamates (subject to hydrolysis) is 1. The maximum Gasteiger partial charge on any atom is 0.408 e. The number of hydrogen-bond acceptors (Lipinski definition) is 6. The normalized spacial score (nSPS) is 12.8. The Morgan fingerprint density at radius 3 is 2.10 bits per heavy atom. The molecule has 9 nitrogen and oxygen atoms in total. The number of unbranched alkanes of at least 4 members (excludes halogenated alkanes) is 4. The molecule has 2 unspecified atom stereocenters. The fraction of sp³-hybridized carbons (Fsp3) is 0.677. The molecule has 0 fully saturated rings. The van der Waals surface area contributed by atoms with Crippen LogP contribution in [0.1, 0.15) is 104 Å². The van der Waals surface area contributed by atoms with E-state index in [0.29, 0.717) is 24.9 Å². The summed E-state index contributed by atoms with van der Waals surface area (Å²) in [6.07, 6.45) is 5.30. The lowest BCUT2D eigenvalue weighted by Crippen LogP contribution is -2.54. The summed E-state index contributed by atoms with van der Waals surface area (Å²) >= 11 is 0. The second kappa shape index (κ2) is 17.6. The molecule has 1 rings (SSSR count). The Balaban J connectivity index is 3.49. The van der Waals surface area contributed by atoms with Gasteiger partial charge in [-0.05, 0) is 57.1 Å². The molecule has 3 amide bonds. The molecule has 0 saturated heterocycles. The van der Waals surface area contributed by atoms with Crippen molar-refractivity contribution in [3.63, 3.8) is 0 Å². The molecule has 0 saturated carbocycles. The molecular formula is C31H51N3O6. The van der Waals surface area contributed by atoms with Crippen molar-refractivity contribution in [2.45, 2.75) is 111 Å². The molecule has 0 radical (unpaired) electrons. The fourth-order valence-electron chi connectivity index (χ4n) is 4.33. The van der Waals surface area contributed by atoms with Crippen LogP contribution in [-0.2, 0) is 30.3 Å². The van der Waals surface area contributed by atoms with Crippen LogP contribution in [-0.4, -0.2) is 60.6 Å². The van der Waals surface area contributed by atoms with Crippen LogP contribution in [0.2, 0.25) is 0 Å². The minimum Gasteiger partial charge on any atom is -0.468 e. The van der Waals surface area contributed by atoms with Gasteiger partial charge in [0.2, 0.25) is 11.8 Å². The first kappa shape index (κ1) is 34.9. The predicted octanol–water partition coefficient (Wildman–Crippen LogP) is 5.32. The molecule has 9 heteroatoms. The lowest BCUT2D eigenvalue weighted by molar-refractivity contribution is -0.145. The molecule has 0 heterocycles. The van der Waals surface area contributed by atoms with Gasteiger partial charge in [-0.3, -0.25) is 14.4 Å². The van der Waals surface area contributed by atoms with E-state index in [1.165, 1.54) is 7.11 Å². The van der Waals surface area contributed by atoms with Crippen molar-refractivity contribution in [2.75, 3.05) is 20.2 Å². The molecule has 0 aromatic heterocycles. The highest BCUT2D eigenvalue weighted by Crippen LogP contribution is 2.25. The van der Waals surface area contributed by atoms with Gasteiger partial charge in [-0.15, -0.1) is 0 Å². The highest BCUT2D eigenvalue weighted by molar-refractivity contribution is 5.93. The van der Waals surface area contributed by atoms with Crippen molar-refractivity contribution in [3.8, 4) is 0 Å². The van der Waals surface area contributed by atoms with E-state index < -0.39 is 35.7 Å². The second-order valence-corrected chi connectivity index (χ2v) is 11.6. The summed E-state index contributed by atoms with van der Waals surface area (Å²) in [6, 6.07) is 5.67. The first-order chi connectivity index (χ1) is 18.8. The Hall–Kier alpha value is -3.10. The zero-order valence-corrected chi connectivity index (χ0v) is 25.8. The summed E-state index contributed by atoms with van der Waals surface area (Å²) in [7, 11) is 1.25. The third-order valence-corrected chi connectivity index (χ3v) is 6.38. The molecule has 40 heavy (non-hydrogen) atoms. The van der Waals surface area contributed by atoms with E-state index >= 15 is 0 Å². The first-order valence-electron chi connectivity index (χ1n) is 14.6. The van der Waals surface area contributed by atoms with Crippen LogP contribution in [0.5, 0.6) is 0 Å². The van der Waals surface area contributed by atoms with Gasteiger partial charge >= 0.3 is 12.1 Å². The van der Waals surface area contributed by atoms with Crippen LogP contribution in [0.15, 0.2) is 24.3 Å². The maximum atomic E-state index is 14.2. The lowest BCUT2D eigenvalue weighted by Gasteiger charge is -2.35. The third-order valence-electron chi connectivity index (χ3n) is 6.38. The number of aryl methyl sites for hydroxylation is 1. The van der Waals surface area contributed by atoms with Gasteiger partial charge in [0.15, 0.2) is 0 Å². The van der Waals surface area contributed by atoms with E-state index in [2.05, 4.69) is 17.6 Å². The van der Waals surface area contributed by atoms with Crippen molar-refractivity contribution >= 4 is 23.9 Å². The Kier molecular flexibility index (Phi) is 15.3. The van der Waals surface area contributed by atoms with E-state index in [4.69, 9.17) is 9.47 Å². The summed E-state index contributed by atoms with van der Waals surface area (Å²) in [5.41, 5.74) is 0.993. The SMILES string of the molecule is CCCCCCCN(C(=O)C(CC(C)C)NC(=O)OC(C)(C)C)C(C(=O)NCC(=O)OC)c1ccc(CC)cc1. The van der Waals surface area contributed by atoms with Gasteiger partial charge in [-0.25, -0.2) is 4.79 Å². The summed E-state index contributed by atoms with van der Waals surface area (Å²) in [6.45, 7) is 13.4.